The van der Waals surface area contributed by atoms with Gasteiger partial charge in [-0.15, -0.1) is 0 Å². The van der Waals surface area contributed by atoms with Crippen LogP contribution >= 0.6 is 11.6 Å². The lowest BCUT2D eigenvalue weighted by atomic mass is 10.1. The second-order valence-electron chi connectivity index (χ2n) is 6.51. The maximum atomic E-state index is 6.39. The zero-order valence-electron chi connectivity index (χ0n) is 14.3. The standard InChI is InChI=1S/C20H21ClN4/c1-24-11-6-12-25(14-13-24)20-16-8-3-5-10-18(16)22-19(23-20)15-7-2-4-9-17(15)21/h2-5,7-10H,6,11-14H2,1H3. The van der Waals surface area contributed by atoms with Gasteiger partial charge in [0.2, 0.25) is 0 Å². The number of fused-ring (bicyclic) bond motifs is 1. The van der Waals surface area contributed by atoms with Crippen LogP contribution in [-0.4, -0.2) is 48.1 Å². The molecular formula is C20H21ClN4. The van der Waals surface area contributed by atoms with Crippen molar-refractivity contribution >= 4 is 28.3 Å². The first-order chi connectivity index (χ1) is 12.2. The number of hydrogen-bond donors (Lipinski definition) is 0. The fourth-order valence-corrected chi connectivity index (χ4v) is 3.54. The molecule has 3 aromatic rings. The Labute approximate surface area is 153 Å². The average molecular weight is 353 g/mol. The van der Waals surface area contributed by atoms with Gasteiger partial charge in [0.25, 0.3) is 0 Å². The van der Waals surface area contributed by atoms with Crippen molar-refractivity contribution in [2.45, 2.75) is 6.42 Å². The molecule has 1 fully saturated rings. The van der Waals surface area contributed by atoms with E-state index >= 15 is 0 Å². The molecule has 0 atom stereocenters. The van der Waals surface area contributed by atoms with Crippen molar-refractivity contribution in [2.24, 2.45) is 0 Å². The van der Waals surface area contributed by atoms with E-state index in [1.165, 1.54) is 0 Å². The molecule has 4 nitrogen and oxygen atoms in total. The number of hydrogen-bond acceptors (Lipinski definition) is 4. The van der Waals surface area contributed by atoms with Gasteiger partial charge in [-0.05, 0) is 44.3 Å². The molecule has 1 aromatic heterocycles. The number of halogens is 1. The molecule has 1 saturated heterocycles. The number of rotatable bonds is 2. The van der Waals surface area contributed by atoms with E-state index in [1.54, 1.807) is 0 Å². The molecule has 0 saturated carbocycles. The summed E-state index contributed by atoms with van der Waals surface area (Å²) in [5.41, 5.74) is 1.84. The van der Waals surface area contributed by atoms with Gasteiger partial charge >= 0.3 is 0 Å². The summed E-state index contributed by atoms with van der Waals surface area (Å²) in [5, 5.41) is 1.78. The largest absolute Gasteiger partial charge is 0.355 e. The van der Waals surface area contributed by atoms with E-state index in [9.17, 15) is 0 Å². The fraction of sp³-hybridized carbons (Fsp3) is 0.300. The summed E-state index contributed by atoms with van der Waals surface area (Å²) < 4.78 is 0. The van der Waals surface area contributed by atoms with E-state index in [0.29, 0.717) is 10.8 Å². The molecule has 0 amide bonds. The van der Waals surface area contributed by atoms with E-state index in [0.717, 1.165) is 54.9 Å². The van der Waals surface area contributed by atoms with Crippen LogP contribution in [0.4, 0.5) is 5.82 Å². The lowest BCUT2D eigenvalue weighted by molar-refractivity contribution is 0.360. The molecule has 0 bridgehead atoms. The van der Waals surface area contributed by atoms with Crippen molar-refractivity contribution in [3.05, 3.63) is 53.6 Å². The summed E-state index contributed by atoms with van der Waals surface area (Å²) in [6, 6.07) is 16.0. The Hall–Kier alpha value is -2.17. The molecule has 128 valence electrons. The average Bonchev–Trinajstić information content (AvgIpc) is 2.86. The van der Waals surface area contributed by atoms with Crippen LogP contribution in [0.2, 0.25) is 5.02 Å². The van der Waals surface area contributed by atoms with Crippen LogP contribution in [0.15, 0.2) is 48.5 Å². The molecule has 4 rings (SSSR count). The smallest absolute Gasteiger partial charge is 0.163 e. The summed E-state index contributed by atoms with van der Waals surface area (Å²) in [5.74, 6) is 1.70. The lowest BCUT2D eigenvalue weighted by Gasteiger charge is -2.23. The highest BCUT2D eigenvalue weighted by atomic mass is 35.5. The molecule has 0 unspecified atom stereocenters. The Morgan fingerprint density at radius 2 is 1.68 bits per heavy atom. The molecule has 25 heavy (non-hydrogen) atoms. The van der Waals surface area contributed by atoms with Crippen molar-refractivity contribution in [1.82, 2.24) is 14.9 Å². The number of para-hydroxylation sites is 1. The van der Waals surface area contributed by atoms with Gasteiger partial charge in [-0.3, -0.25) is 0 Å². The van der Waals surface area contributed by atoms with E-state index in [4.69, 9.17) is 21.6 Å². The Bertz CT molecular complexity index is 896. The molecule has 5 heteroatoms. The molecule has 0 aliphatic carbocycles. The van der Waals surface area contributed by atoms with Crippen LogP contribution < -0.4 is 4.90 Å². The van der Waals surface area contributed by atoms with Gasteiger partial charge in [0.15, 0.2) is 5.82 Å². The normalized spacial score (nSPS) is 16.2. The number of likely N-dealkylation sites (N-methyl/N-ethyl adjacent to an activating group) is 1. The van der Waals surface area contributed by atoms with Crippen LogP contribution in [-0.2, 0) is 0 Å². The Morgan fingerprint density at radius 1 is 0.880 bits per heavy atom. The quantitative estimate of drug-likeness (QED) is 0.695. The first-order valence-corrected chi connectivity index (χ1v) is 9.05. The highest BCUT2D eigenvalue weighted by molar-refractivity contribution is 6.33. The van der Waals surface area contributed by atoms with Crippen LogP contribution in [0.5, 0.6) is 0 Å². The molecule has 2 heterocycles. The van der Waals surface area contributed by atoms with Crippen molar-refractivity contribution in [3.63, 3.8) is 0 Å². The second-order valence-corrected chi connectivity index (χ2v) is 6.92. The lowest BCUT2D eigenvalue weighted by Crippen LogP contribution is -2.29. The fourth-order valence-electron chi connectivity index (χ4n) is 3.32. The highest BCUT2D eigenvalue weighted by Gasteiger charge is 2.18. The highest BCUT2D eigenvalue weighted by Crippen LogP contribution is 2.31. The van der Waals surface area contributed by atoms with E-state index in [-0.39, 0.29) is 0 Å². The monoisotopic (exact) mass is 352 g/mol. The number of aromatic nitrogens is 2. The van der Waals surface area contributed by atoms with Gasteiger partial charge in [-0.2, -0.15) is 0 Å². The number of anilines is 1. The molecule has 0 spiro atoms. The topological polar surface area (TPSA) is 32.3 Å². The SMILES string of the molecule is CN1CCCN(c2nc(-c3ccccc3Cl)nc3ccccc23)CC1. The minimum atomic E-state index is 0.680. The number of nitrogens with zero attached hydrogens (tertiary/aromatic N) is 4. The van der Waals surface area contributed by atoms with Crippen molar-refractivity contribution in [1.29, 1.82) is 0 Å². The van der Waals surface area contributed by atoms with Crippen LogP contribution in [0.25, 0.3) is 22.3 Å². The zero-order chi connectivity index (χ0) is 17.2. The van der Waals surface area contributed by atoms with E-state index in [1.807, 2.05) is 42.5 Å². The molecule has 0 N–H and O–H groups in total. The number of benzene rings is 2. The third-order valence-electron chi connectivity index (χ3n) is 4.72. The van der Waals surface area contributed by atoms with Gasteiger partial charge in [0.1, 0.15) is 5.82 Å². The molecule has 0 radical (unpaired) electrons. The second kappa shape index (κ2) is 6.98. The maximum absolute atomic E-state index is 6.39. The van der Waals surface area contributed by atoms with E-state index in [2.05, 4.69) is 22.9 Å². The third kappa shape index (κ3) is 3.32. The zero-order valence-corrected chi connectivity index (χ0v) is 15.1. The third-order valence-corrected chi connectivity index (χ3v) is 5.05. The summed E-state index contributed by atoms with van der Waals surface area (Å²) >= 11 is 6.39. The van der Waals surface area contributed by atoms with Crippen LogP contribution in [0.3, 0.4) is 0 Å². The van der Waals surface area contributed by atoms with Crippen molar-refractivity contribution in [2.75, 3.05) is 38.1 Å². The predicted molar refractivity (Wildman–Crippen MR) is 104 cm³/mol. The Morgan fingerprint density at radius 3 is 2.56 bits per heavy atom. The Balaban J connectivity index is 1.86. The predicted octanol–water partition coefficient (Wildman–Crippen LogP) is 4.09. The first kappa shape index (κ1) is 16.3. The summed E-state index contributed by atoms with van der Waals surface area (Å²) in [6.07, 6.45) is 1.14. The van der Waals surface area contributed by atoms with Crippen LogP contribution in [0, 0.1) is 0 Å². The van der Waals surface area contributed by atoms with Gasteiger partial charge < -0.3 is 9.80 Å². The van der Waals surface area contributed by atoms with Crippen LogP contribution in [0.1, 0.15) is 6.42 Å². The van der Waals surface area contributed by atoms with E-state index < -0.39 is 0 Å². The van der Waals surface area contributed by atoms with Crippen molar-refractivity contribution in [3.8, 4) is 11.4 Å². The summed E-state index contributed by atoms with van der Waals surface area (Å²) in [6.45, 7) is 4.14. The molecular weight excluding hydrogens is 332 g/mol. The van der Waals surface area contributed by atoms with Gasteiger partial charge in [0.05, 0.1) is 10.5 Å². The van der Waals surface area contributed by atoms with Gasteiger partial charge in [0, 0.05) is 30.6 Å². The summed E-state index contributed by atoms with van der Waals surface area (Å²) in [7, 11) is 2.18. The molecule has 2 aromatic carbocycles. The van der Waals surface area contributed by atoms with Gasteiger partial charge in [-0.1, -0.05) is 35.9 Å². The minimum absolute atomic E-state index is 0.680. The molecule has 1 aliphatic rings. The maximum Gasteiger partial charge on any atom is 0.163 e. The summed E-state index contributed by atoms with van der Waals surface area (Å²) in [4.78, 5) is 14.5. The Kier molecular flexibility index (Phi) is 4.55. The molecule has 1 aliphatic heterocycles. The minimum Gasteiger partial charge on any atom is -0.355 e. The van der Waals surface area contributed by atoms with Crippen molar-refractivity contribution < 1.29 is 0 Å². The van der Waals surface area contributed by atoms with Gasteiger partial charge in [-0.25, -0.2) is 9.97 Å². The first-order valence-electron chi connectivity index (χ1n) is 8.67.